The molecule has 0 aliphatic carbocycles. The van der Waals surface area contributed by atoms with Crippen molar-refractivity contribution in [3.05, 3.63) is 27.8 Å². The molecule has 1 aromatic carbocycles. The number of aryl methyl sites for hydroxylation is 1. The number of carboxylic acid groups (broad SMARTS) is 1. The molecule has 0 aliphatic rings. The van der Waals surface area contributed by atoms with Gasteiger partial charge in [0.25, 0.3) is 0 Å². The Balaban J connectivity index is 3.40. The molecule has 0 saturated heterocycles. The number of carbonyl (C=O) groups is 1. The van der Waals surface area contributed by atoms with E-state index in [1.165, 1.54) is 0 Å². The van der Waals surface area contributed by atoms with Crippen molar-refractivity contribution in [1.29, 1.82) is 0 Å². The highest BCUT2D eigenvalue weighted by atomic mass is 35.5. The lowest BCUT2D eigenvalue weighted by Crippen LogP contribution is -2.23. The molecule has 3 nitrogen and oxygen atoms in total. The Morgan fingerprint density at radius 3 is 2.41 bits per heavy atom. The minimum atomic E-state index is -0.884. The summed E-state index contributed by atoms with van der Waals surface area (Å²) in [7, 11) is 0. The van der Waals surface area contributed by atoms with E-state index in [9.17, 15) is 9.90 Å². The molecule has 0 radical (unpaired) electrons. The molecule has 2 N–H and O–H groups in total. The molecule has 4 heteroatoms. The Labute approximate surface area is 106 Å². The Hall–Kier alpha value is -1.22. The highest BCUT2D eigenvalue weighted by molar-refractivity contribution is 6.31. The third kappa shape index (κ3) is 2.72. The Kier molecular flexibility index (Phi) is 3.72. The normalized spacial score (nSPS) is 11.6. The van der Waals surface area contributed by atoms with Crippen LogP contribution in [0.3, 0.4) is 0 Å². The Morgan fingerprint density at radius 2 is 1.94 bits per heavy atom. The number of hydrogen-bond donors (Lipinski definition) is 2. The van der Waals surface area contributed by atoms with Crippen LogP contribution in [0, 0.1) is 13.8 Å². The van der Waals surface area contributed by atoms with Crippen LogP contribution in [0.2, 0.25) is 5.02 Å². The smallest absolute Gasteiger partial charge is 0.304 e. The highest BCUT2D eigenvalue weighted by Gasteiger charge is 2.29. The first-order chi connectivity index (χ1) is 7.66. The molecule has 0 aliphatic heterocycles. The van der Waals surface area contributed by atoms with Gasteiger partial charge in [0.15, 0.2) is 0 Å². The standard InChI is InChI=1S/C13H17ClO3/c1-7-5-9(14)11(8(2)12(7)17)13(3,4)6-10(15)16/h5,17H,6H2,1-4H3,(H,15,16). The van der Waals surface area contributed by atoms with Crippen molar-refractivity contribution in [2.45, 2.75) is 39.5 Å². The van der Waals surface area contributed by atoms with Crippen LogP contribution in [0.4, 0.5) is 0 Å². The van der Waals surface area contributed by atoms with Gasteiger partial charge in [-0.2, -0.15) is 0 Å². The summed E-state index contributed by atoms with van der Waals surface area (Å²) in [4.78, 5) is 10.9. The summed E-state index contributed by atoms with van der Waals surface area (Å²) < 4.78 is 0. The van der Waals surface area contributed by atoms with Crippen LogP contribution in [0.1, 0.15) is 37.0 Å². The van der Waals surface area contributed by atoms with Crippen LogP contribution >= 0.6 is 11.6 Å². The highest BCUT2D eigenvalue weighted by Crippen LogP contribution is 2.40. The SMILES string of the molecule is Cc1cc(Cl)c(C(C)(C)CC(=O)O)c(C)c1O. The Morgan fingerprint density at radius 1 is 1.41 bits per heavy atom. The number of phenolic OH excluding ortho intramolecular Hbond substituents is 1. The van der Waals surface area contributed by atoms with Crippen LogP contribution in [0.15, 0.2) is 6.07 Å². The van der Waals surface area contributed by atoms with Crippen LogP contribution in [0.25, 0.3) is 0 Å². The van der Waals surface area contributed by atoms with Gasteiger partial charge in [-0.25, -0.2) is 0 Å². The fourth-order valence-corrected chi connectivity index (χ4v) is 2.78. The molecule has 17 heavy (non-hydrogen) atoms. The quantitative estimate of drug-likeness (QED) is 0.871. The lowest BCUT2D eigenvalue weighted by Gasteiger charge is -2.27. The summed E-state index contributed by atoms with van der Waals surface area (Å²) in [6.45, 7) is 7.14. The molecular weight excluding hydrogens is 240 g/mol. The zero-order valence-electron chi connectivity index (χ0n) is 10.5. The first-order valence-electron chi connectivity index (χ1n) is 5.37. The van der Waals surface area contributed by atoms with Crippen LogP contribution < -0.4 is 0 Å². The zero-order valence-corrected chi connectivity index (χ0v) is 11.2. The third-order valence-electron chi connectivity index (χ3n) is 2.96. The minimum absolute atomic E-state index is 0.0317. The molecule has 0 saturated carbocycles. The van der Waals surface area contributed by atoms with E-state index in [1.807, 2.05) is 13.8 Å². The van der Waals surface area contributed by atoms with E-state index < -0.39 is 11.4 Å². The van der Waals surface area contributed by atoms with Gasteiger partial charge < -0.3 is 10.2 Å². The second kappa shape index (κ2) is 4.57. The molecular formula is C13H17ClO3. The largest absolute Gasteiger partial charge is 0.507 e. The first-order valence-corrected chi connectivity index (χ1v) is 5.75. The van der Waals surface area contributed by atoms with E-state index in [4.69, 9.17) is 16.7 Å². The average molecular weight is 257 g/mol. The maximum absolute atomic E-state index is 10.9. The van der Waals surface area contributed by atoms with Crippen molar-refractivity contribution in [3.63, 3.8) is 0 Å². The van der Waals surface area contributed by atoms with E-state index in [1.54, 1.807) is 19.9 Å². The summed E-state index contributed by atoms with van der Waals surface area (Å²) in [5, 5.41) is 19.3. The topological polar surface area (TPSA) is 57.5 Å². The van der Waals surface area contributed by atoms with E-state index in [2.05, 4.69) is 0 Å². The maximum atomic E-state index is 10.9. The maximum Gasteiger partial charge on any atom is 0.304 e. The predicted molar refractivity (Wildman–Crippen MR) is 67.9 cm³/mol. The molecule has 0 spiro atoms. The number of halogens is 1. The van der Waals surface area contributed by atoms with Crippen LogP contribution in [-0.4, -0.2) is 16.2 Å². The van der Waals surface area contributed by atoms with Gasteiger partial charge in [-0.1, -0.05) is 25.4 Å². The molecule has 0 aromatic heterocycles. The fourth-order valence-electron chi connectivity index (χ4n) is 2.22. The molecule has 0 atom stereocenters. The summed E-state index contributed by atoms with van der Waals surface area (Å²) >= 11 is 6.17. The van der Waals surface area contributed by atoms with Crippen molar-refractivity contribution in [1.82, 2.24) is 0 Å². The van der Waals surface area contributed by atoms with Gasteiger partial charge in [-0.3, -0.25) is 4.79 Å². The lowest BCUT2D eigenvalue weighted by atomic mass is 9.78. The summed E-state index contributed by atoms with van der Waals surface area (Å²) in [6.07, 6.45) is -0.0317. The van der Waals surface area contributed by atoms with Gasteiger partial charge in [0.2, 0.25) is 0 Å². The van der Waals surface area contributed by atoms with Crippen LogP contribution in [0.5, 0.6) is 5.75 Å². The van der Waals surface area contributed by atoms with E-state index in [0.717, 1.165) is 0 Å². The summed E-state index contributed by atoms with van der Waals surface area (Å²) in [5.74, 6) is -0.701. The second-order valence-corrected chi connectivity index (χ2v) is 5.39. The monoisotopic (exact) mass is 256 g/mol. The van der Waals surface area contributed by atoms with Crippen molar-refractivity contribution in [2.24, 2.45) is 0 Å². The van der Waals surface area contributed by atoms with Gasteiger partial charge in [-0.15, -0.1) is 0 Å². The summed E-state index contributed by atoms with van der Waals surface area (Å²) in [5.41, 5.74) is 1.44. The van der Waals surface area contributed by atoms with Gasteiger partial charge >= 0.3 is 5.97 Å². The molecule has 1 aromatic rings. The molecule has 0 fully saturated rings. The molecule has 0 unspecified atom stereocenters. The van der Waals surface area contributed by atoms with E-state index >= 15 is 0 Å². The number of carboxylic acids is 1. The number of aliphatic carboxylic acids is 1. The molecule has 1 rings (SSSR count). The van der Waals surface area contributed by atoms with Gasteiger partial charge in [0, 0.05) is 10.4 Å². The fraction of sp³-hybridized carbons (Fsp3) is 0.462. The zero-order chi connectivity index (χ0) is 13.4. The predicted octanol–water partition coefficient (Wildman–Crippen LogP) is 3.41. The van der Waals surface area contributed by atoms with Crippen molar-refractivity contribution < 1.29 is 15.0 Å². The van der Waals surface area contributed by atoms with Crippen molar-refractivity contribution >= 4 is 17.6 Å². The number of benzene rings is 1. The van der Waals surface area contributed by atoms with Crippen molar-refractivity contribution in [3.8, 4) is 5.75 Å². The average Bonchev–Trinajstić information content (AvgIpc) is 2.11. The Bertz CT molecular complexity index is 464. The molecule has 0 amide bonds. The number of aromatic hydroxyl groups is 1. The number of phenols is 1. The first kappa shape index (κ1) is 13.8. The molecule has 0 bridgehead atoms. The van der Waals surface area contributed by atoms with Gasteiger partial charge in [-0.05, 0) is 36.6 Å². The van der Waals surface area contributed by atoms with E-state index in [-0.39, 0.29) is 12.2 Å². The van der Waals surface area contributed by atoms with Crippen LogP contribution in [-0.2, 0) is 10.2 Å². The van der Waals surface area contributed by atoms with E-state index in [0.29, 0.717) is 21.7 Å². The van der Waals surface area contributed by atoms with Gasteiger partial charge in [0.05, 0.1) is 6.42 Å². The van der Waals surface area contributed by atoms with Crippen molar-refractivity contribution in [2.75, 3.05) is 0 Å². The number of rotatable bonds is 3. The summed E-state index contributed by atoms with van der Waals surface area (Å²) in [6, 6.07) is 1.67. The molecule has 0 heterocycles. The molecule has 94 valence electrons. The minimum Gasteiger partial charge on any atom is -0.507 e. The number of hydrogen-bond acceptors (Lipinski definition) is 2. The second-order valence-electron chi connectivity index (χ2n) is 4.98. The lowest BCUT2D eigenvalue weighted by molar-refractivity contribution is -0.138. The third-order valence-corrected chi connectivity index (χ3v) is 3.25. The van der Waals surface area contributed by atoms with Gasteiger partial charge in [0.1, 0.15) is 5.75 Å².